The Labute approximate surface area is 185 Å². The van der Waals surface area contributed by atoms with Gasteiger partial charge in [-0.05, 0) is 43.5 Å². The number of para-hydroxylation sites is 1. The number of anilines is 2. The number of nitrogens with one attached hydrogen (secondary N) is 1. The summed E-state index contributed by atoms with van der Waals surface area (Å²) in [6, 6.07) is 11.7. The number of carbonyl (C=O) groups is 1. The predicted molar refractivity (Wildman–Crippen MR) is 122 cm³/mol. The van der Waals surface area contributed by atoms with Crippen LogP contribution >= 0.6 is 24.8 Å². The van der Waals surface area contributed by atoms with E-state index >= 15 is 0 Å². The number of nitrogens with two attached hydrogens (primary N) is 1. The highest BCUT2D eigenvalue weighted by atomic mass is 35.5. The highest BCUT2D eigenvalue weighted by molar-refractivity contribution is 5.85. The van der Waals surface area contributed by atoms with Gasteiger partial charge in [0.25, 0.3) is 0 Å². The van der Waals surface area contributed by atoms with Crippen LogP contribution in [0.1, 0.15) is 31.4 Å². The van der Waals surface area contributed by atoms with Gasteiger partial charge in [0.2, 0.25) is 5.91 Å². The van der Waals surface area contributed by atoms with E-state index in [0.717, 1.165) is 35.7 Å². The first kappa shape index (κ1) is 25.0. The topological polar surface area (TPSA) is 80.5 Å². The molecule has 0 aliphatic carbocycles. The minimum Gasteiger partial charge on any atom is -0.399 e. The average molecular weight is 441 g/mol. The fourth-order valence-electron chi connectivity index (χ4n) is 3.37. The number of nitrogens with zero attached hydrogens (tertiary/aromatic N) is 2. The molecule has 1 amide bonds. The van der Waals surface area contributed by atoms with Crippen molar-refractivity contribution in [3.63, 3.8) is 0 Å². The first-order valence-corrected chi connectivity index (χ1v) is 9.46. The fourth-order valence-corrected chi connectivity index (χ4v) is 3.37. The molecule has 1 aliphatic heterocycles. The molecule has 160 valence electrons. The van der Waals surface area contributed by atoms with Crippen LogP contribution in [0, 0.1) is 0 Å². The van der Waals surface area contributed by atoms with Crippen molar-refractivity contribution in [3.8, 4) is 0 Å². The minimum atomic E-state index is 0. The van der Waals surface area contributed by atoms with E-state index in [4.69, 9.17) is 10.5 Å². The third-order valence-electron chi connectivity index (χ3n) is 4.72. The second-order valence-electron chi connectivity index (χ2n) is 7.16. The Balaban J connectivity index is 0.00000210. The van der Waals surface area contributed by atoms with Crippen molar-refractivity contribution in [3.05, 3.63) is 53.7 Å². The number of nitrogen functional groups attached to an aromatic ring is 1. The molecule has 0 spiro atoms. The Morgan fingerprint density at radius 3 is 2.48 bits per heavy atom. The van der Waals surface area contributed by atoms with Crippen molar-refractivity contribution >= 4 is 42.2 Å². The van der Waals surface area contributed by atoms with Crippen LogP contribution in [0.2, 0.25) is 0 Å². The van der Waals surface area contributed by atoms with Crippen molar-refractivity contribution in [2.45, 2.75) is 45.4 Å². The summed E-state index contributed by atoms with van der Waals surface area (Å²) in [7, 11) is 0. The van der Waals surface area contributed by atoms with Gasteiger partial charge >= 0.3 is 0 Å². The molecule has 2 heterocycles. The molecule has 2 aromatic rings. The zero-order valence-corrected chi connectivity index (χ0v) is 18.5. The predicted octanol–water partition coefficient (Wildman–Crippen LogP) is 3.37. The van der Waals surface area contributed by atoms with Crippen molar-refractivity contribution < 1.29 is 9.53 Å². The van der Waals surface area contributed by atoms with Crippen LogP contribution in [0.15, 0.2) is 42.6 Å². The lowest BCUT2D eigenvalue weighted by molar-refractivity contribution is -0.121. The molecule has 6 nitrogen and oxygen atoms in total. The molecule has 1 aliphatic rings. The van der Waals surface area contributed by atoms with Crippen LogP contribution in [-0.2, 0) is 22.5 Å². The van der Waals surface area contributed by atoms with Crippen molar-refractivity contribution in [2.24, 2.45) is 0 Å². The molecule has 8 heteroatoms. The SMILES string of the molecule is CC1CN(c2ccc(CNC(=O)CCc3ccccc3N)cn2)CC(C)O1.Cl.Cl. The van der Waals surface area contributed by atoms with Gasteiger partial charge in [0.15, 0.2) is 0 Å². The zero-order chi connectivity index (χ0) is 19.2. The van der Waals surface area contributed by atoms with Gasteiger partial charge in [0, 0.05) is 37.9 Å². The van der Waals surface area contributed by atoms with E-state index in [2.05, 4.69) is 29.0 Å². The van der Waals surface area contributed by atoms with Gasteiger partial charge in [0.1, 0.15) is 5.82 Å². The van der Waals surface area contributed by atoms with E-state index in [1.165, 1.54) is 0 Å². The van der Waals surface area contributed by atoms with E-state index in [-0.39, 0.29) is 42.9 Å². The zero-order valence-electron chi connectivity index (χ0n) is 16.8. The lowest BCUT2D eigenvalue weighted by Crippen LogP contribution is -2.45. The largest absolute Gasteiger partial charge is 0.399 e. The summed E-state index contributed by atoms with van der Waals surface area (Å²) in [5, 5.41) is 2.95. The summed E-state index contributed by atoms with van der Waals surface area (Å²) in [6.45, 7) is 6.32. The number of aromatic nitrogens is 1. The van der Waals surface area contributed by atoms with Gasteiger partial charge in [-0.15, -0.1) is 24.8 Å². The molecule has 1 aromatic carbocycles. The number of pyridine rings is 1. The summed E-state index contributed by atoms with van der Waals surface area (Å²) in [5.74, 6) is 0.963. The van der Waals surface area contributed by atoms with Gasteiger partial charge in [0.05, 0.1) is 12.2 Å². The number of carbonyl (C=O) groups excluding carboxylic acids is 1. The van der Waals surface area contributed by atoms with Crippen molar-refractivity contribution in [2.75, 3.05) is 23.7 Å². The van der Waals surface area contributed by atoms with E-state index in [0.29, 0.717) is 19.4 Å². The van der Waals surface area contributed by atoms with Crippen LogP contribution in [0.4, 0.5) is 11.5 Å². The highest BCUT2D eigenvalue weighted by Gasteiger charge is 2.22. The molecule has 0 saturated carbocycles. The molecule has 2 unspecified atom stereocenters. The first-order valence-electron chi connectivity index (χ1n) is 9.46. The van der Waals surface area contributed by atoms with E-state index < -0.39 is 0 Å². The maximum Gasteiger partial charge on any atom is 0.220 e. The Morgan fingerprint density at radius 1 is 1.17 bits per heavy atom. The van der Waals surface area contributed by atoms with E-state index in [1.807, 2.05) is 42.6 Å². The molecule has 2 atom stereocenters. The van der Waals surface area contributed by atoms with Crippen LogP contribution < -0.4 is 16.0 Å². The number of morpholine rings is 1. The van der Waals surface area contributed by atoms with Crippen LogP contribution in [0.25, 0.3) is 0 Å². The molecule has 1 fully saturated rings. The number of rotatable bonds is 6. The lowest BCUT2D eigenvalue weighted by atomic mass is 10.1. The average Bonchev–Trinajstić information content (AvgIpc) is 2.65. The van der Waals surface area contributed by atoms with Gasteiger partial charge in [-0.25, -0.2) is 4.98 Å². The summed E-state index contributed by atoms with van der Waals surface area (Å²) >= 11 is 0. The van der Waals surface area contributed by atoms with E-state index in [1.54, 1.807) is 0 Å². The number of benzene rings is 1. The number of hydrogen-bond donors (Lipinski definition) is 2. The summed E-state index contributed by atoms with van der Waals surface area (Å²) < 4.78 is 5.76. The highest BCUT2D eigenvalue weighted by Crippen LogP contribution is 2.18. The number of hydrogen-bond acceptors (Lipinski definition) is 5. The van der Waals surface area contributed by atoms with Gasteiger partial charge in [-0.3, -0.25) is 4.79 Å². The quantitative estimate of drug-likeness (QED) is 0.672. The number of halogens is 2. The molecule has 0 radical (unpaired) electrons. The maximum absolute atomic E-state index is 12.1. The van der Waals surface area contributed by atoms with Crippen molar-refractivity contribution in [1.82, 2.24) is 10.3 Å². The smallest absolute Gasteiger partial charge is 0.220 e. The fraction of sp³-hybridized carbons (Fsp3) is 0.429. The third-order valence-corrected chi connectivity index (χ3v) is 4.72. The summed E-state index contributed by atoms with van der Waals surface area (Å²) in [4.78, 5) is 18.9. The van der Waals surface area contributed by atoms with E-state index in [9.17, 15) is 4.79 Å². The Kier molecular flexibility index (Phi) is 10.2. The molecule has 1 saturated heterocycles. The Morgan fingerprint density at radius 2 is 1.86 bits per heavy atom. The standard InChI is InChI=1S/C21H28N4O2.2ClH/c1-15-13-25(14-16(2)27-15)20-9-7-17(11-23-20)12-24-21(26)10-8-18-5-3-4-6-19(18)22;;/h3-7,9,11,15-16H,8,10,12-14,22H2,1-2H3,(H,24,26);2*1H. The first-order chi connectivity index (χ1) is 13.0. The second-order valence-corrected chi connectivity index (χ2v) is 7.16. The normalized spacial score (nSPS) is 18.3. The van der Waals surface area contributed by atoms with Gasteiger partial charge < -0.3 is 20.7 Å². The molecular formula is C21H30Cl2N4O2. The van der Waals surface area contributed by atoms with Crippen LogP contribution in [-0.4, -0.2) is 36.2 Å². The minimum absolute atomic E-state index is 0. The molecule has 1 aromatic heterocycles. The van der Waals surface area contributed by atoms with Crippen LogP contribution in [0.5, 0.6) is 0 Å². The third kappa shape index (κ3) is 7.38. The Hall–Kier alpha value is -2.02. The van der Waals surface area contributed by atoms with Gasteiger partial charge in [-0.2, -0.15) is 0 Å². The molecule has 3 N–H and O–H groups in total. The Bertz CT molecular complexity index is 764. The molecule has 3 rings (SSSR count). The van der Waals surface area contributed by atoms with Crippen LogP contribution in [0.3, 0.4) is 0 Å². The molecule has 0 bridgehead atoms. The monoisotopic (exact) mass is 440 g/mol. The number of aryl methyl sites for hydroxylation is 1. The number of amides is 1. The molecular weight excluding hydrogens is 411 g/mol. The van der Waals surface area contributed by atoms with Crippen molar-refractivity contribution in [1.29, 1.82) is 0 Å². The molecule has 29 heavy (non-hydrogen) atoms. The maximum atomic E-state index is 12.1. The second kappa shape index (κ2) is 11.9. The summed E-state index contributed by atoms with van der Waals surface area (Å²) in [5.41, 5.74) is 8.64. The van der Waals surface area contributed by atoms with Gasteiger partial charge in [-0.1, -0.05) is 24.3 Å². The number of ether oxygens (including phenoxy) is 1. The summed E-state index contributed by atoms with van der Waals surface area (Å²) in [6.07, 6.45) is 3.29. The lowest BCUT2D eigenvalue weighted by Gasteiger charge is -2.36.